The van der Waals surface area contributed by atoms with Crippen molar-refractivity contribution in [1.82, 2.24) is 9.88 Å². The van der Waals surface area contributed by atoms with Crippen LogP contribution in [-0.4, -0.2) is 35.6 Å². The third kappa shape index (κ3) is 3.88. The summed E-state index contributed by atoms with van der Waals surface area (Å²) in [5.41, 5.74) is 4.21. The highest BCUT2D eigenvalue weighted by Crippen LogP contribution is 2.43. The van der Waals surface area contributed by atoms with Gasteiger partial charge in [-0.2, -0.15) is 0 Å². The van der Waals surface area contributed by atoms with Crippen LogP contribution in [-0.2, 0) is 16.8 Å². The maximum Gasteiger partial charge on any atom is 0.412 e. The molecule has 166 valence electrons. The zero-order valence-corrected chi connectivity index (χ0v) is 18.3. The van der Waals surface area contributed by atoms with Gasteiger partial charge in [-0.15, -0.1) is 0 Å². The van der Waals surface area contributed by atoms with Crippen molar-refractivity contribution in [3.8, 4) is 11.5 Å². The molecule has 5 rings (SSSR count). The molecule has 6 nitrogen and oxygen atoms in total. The van der Waals surface area contributed by atoms with Gasteiger partial charge < -0.3 is 14.1 Å². The molecule has 3 heterocycles. The number of oxazole rings is 1. The van der Waals surface area contributed by atoms with E-state index in [9.17, 15) is 9.18 Å². The minimum absolute atomic E-state index is 0.280. The number of carbonyl (C=O) groups is 1. The SMILES string of the molecule is Cc1ccc2c(c1)C1(CCN(CCc3nc(-c4ccc(F)cc4)oc3C)CC1)OC(=O)N2. The van der Waals surface area contributed by atoms with E-state index in [0.717, 1.165) is 72.7 Å². The molecule has 0 bridgehead atoms. The highest BCUT2D eigenvalue weighted by Gasteiger charge is 2.44. The van der Waals surface area contributed by atoms with Crippen LogP contribution in [0.2, 0.25) is 0 Å². The average Bonchev–Trinajstić information content (AvgIpc) is 3.15. The summed E-state index contributed by atoms with van der Waals surface area (Å²) in [4.78, 5) is 19.2. The fourth-order valence-electron chi connectivity index (χ4n) is 4.66. The van der Waals surface area contributed by atoms with Crippen LogP contribution < -0.4 is 5.32 Å². The number of likely N-dealkylation sites (tertiary alicyclic amines) is 1. The molecule has 0 aliphatic carbocycles. The Bertz CT molecular complexity index is 1150. The molecule has 2 aliphatic rings. The number of piperidine rings is 1. The first-order chi connectivity index (χ1) is 15.4. The first-order valence-corrected chi connectivity index (χ1v) is 11.0. The van der Waals surface area contributed by atoms with Gasteiger partial charge >= 0.3 is 6.09 Å². The molecule has 0 unspecified atom stereocenters. The van der Waals surface area contributed by atoms with Gasteiger partial charge in [-0.1, -0.05) is 11.6 Å². The van der Waals surface area contributed by atoms with E-state index < -0.39 is 5.60 Å². The summed E-state index contributed by atoms with van der Waals surface area (Å²) >= 11 is 0. The van der Waals surface area contributed by atoms with Crippen molar-refractivity contribution in [2.45, 2.75) is 38.7 Å². The predicted molar refractivity (Wildman–Crippen MR) is 119 cm³/mol. The molecule has 2 aromatic carbocycles. The smallest absolute Gasteiger partial charge is 0.412 e. The summed E-state index contributed by atoms with van der Waals surface area (Å²) in [6.45, 7) is 6.48. The van der Waals surface area contributed by atoms with Crippen molar-refractivity contribution in [2.75, 3.05) is 25.0 Å². The Hall–Kier alpha value is -3.19. The minimum atomic E-state index is -0.556. The number of ether oxygens (including phenoxy) is 1. The number of carbonyl (C=O) groups excluding carboxylic acids is 1. The zero-order chi connectivity index (χ0) is 22.3. The second-order valence-corrected chi connectivity index (χ2v) is 8.68. The lowest BCUT2D eigenvalue weighted by Gasteiger charge is -2.44. The van der Waals surface area contributed by atoms with Crippen LogP contribution in [0.4, 0.5) is 14.9 Å². The number of halogens is 1. The van der Waals surface area contributed by atoms with Crippen molar-refractivity contribution in [3.05, 3.63) is 70.9 Å². The molecule has 0 radical (unpaired) electrons. The van der Waals surface area contributed by atoms with E-state index in [4.69, 9.17) is 9.15 Å². The van der Waals surface area contributed by atoms with Crippen LogP contribution in [0.1, 0.15) is 35.4 Å². The molecule has 1 N–H and O–H groups in total. The number of aromatic nitrogens is 1. The first kappa shape index (κ1) is 20.7. The van der Waals surface area contributed by atoms with Gasteiger partial charge in [-0.05, 0) is 50.2 Å². The number of nitrogens with one attached hydrogen (secondary N) is 1. The molecule has 7 heteroatoms. The number of anilines is 1. The lowest BCUT2D eigenvalue weighted by molar-refractivity contribution is -0.0376. The van der Waals surface area contributed by atoms with E-state index >= 15 is 0 Å². The zero-order valence-electron chi connectivity index (χ0n) is 18.3. The van der Waals surface area contributed by atoms with Crippen molar-refractivity contribution in [1.29, 1.82) is 0 Å². The van der Waals surface area contributed by atoms with E-state index in [1.165, 1.54) is 12.1 Å². The molecule has 0 atom stereocenters. The van der Waals surface area contributed by atoms with Gasteiger partial charge in [-0.25, -0.2) is 14.2 Å². The maximum atomic E-state index is 13.2. The maximum absolute atomic E-state index is 13.2. The first-order valence-electron chi connectivity index (χ1n) is 11.0. The minimum Gasteiger partial charge on any atom is -0.441 e. The number of aryl methyl sites for hydroxylation is 2. The van der Waals surface area contributed by atoms with Gasteiger partial charge in [-0.3, -0.25) is 5.32 Å². The third-order valence-corrected chi connectivity index (χ3v) is 6.50. The van der Waals surface area contributed by atoms with Crippen LogP contribution in [0.25, 0.3) is 11.5 Å². The Morgan fingerprint density at radius 2 is 1.88 bits per heavy atom. The number of hydrogen-bond donors (Lipinski definition) is 1. The van der Waals surface area contributed by atoms with E-state index in [-0.39, 0.29) is 11.9 Å². The van der Waals surface area contributed by atoms with Crippen LogP contribution in [0, 0.1) is 19.7 Å². The van der Waals surface area contributed by atoms with Crippen LogP contribution in [0.15, 0.2) is 46.9 Å². The molecular weight excluding hydrogens is 409 g/mol. The Kier molecular flexibility index (Phi) is 5.21. The van der Waals surface area contributed by atoms with E-state index in [1.54, 1.807) is 12.1 Å². The largest absolute Gasteiger partial charge is 0.441 e. The molecule has 32 heavy (non-hydrogen) atoms. The highest BCUT2D eigenvalue weighted by molar-refractivity contribution is 5.89. The molecule has 2 aliphatic heterocycles. The average molecular weight is 435 g/mol. The van der Waals surface area contributed by atoms with Gasteiger partial charge in [0.05, 0.1) is 11.4 Å². The number of hydrogen-bond acceptors (Lipinski definition) is 5. The fraction of sp³-hybridized carbons (Fsp3) is 0.360. The van der Waals surface area contributed by atoms with Crippen molar-refractivity contribution >= 4 is 11.8 Å². The van der Waals surface area contributed by atoms with Gasteiger partial charge in [0.1, 0.15) is 17.2 Å². The lowest BCUT2D eigenvalue weighted by Crippen LogP contribution is -2.48. The third-order valence-electron chi connectivity index (χ3n) is 6.50. The second-order valence-electron chi connectivity index (χ2n) is 8.68. The number of nitrogens with zero attached hydrogens (tertiary/aromatic N) is 2. The van der Waals surface area contributed by atoms with Gasteiger partial charge in [0.25, 0.3) is 0 Å². The van der Waals surface area contributed by atoms with Crippen molar-refractivity contribution < 1.29 is 18.3 Å². The summed E-state index contributed by atoms with van der Waals surface area (Å²) in [6, 6.07) is 12.3. The monoisotopic (exact) mass is 435 g/mol. The Balaban J connectivity index is 1.24. The molecule has 1 amide bonds. The Morgan fingerprint density at radius 1 is 1.12 bits per heavy atom. The second kappa shape index (κ2) is 8.06. The van der Waals surface area contributed by atoms with Gasteiger partial charge in [0.2, 0.25) is 5.89 Å². The number of benzene rings is 2. The van der Waals surface area contributed by atoms with Crippen LogP contribution in [0.3, 0.4) is 0 Å². The van der Waals surface area contributed by atoms with Crippen molar-refractivity contribution in [3.63, 3.8) is 0 Å². The highest BCUT2D eigenvalue weighted by atomic mass is 19.1. The van der Waals surface area contributed by atoms with E-state index in [2.05, 4.69) is 28.2 Å². The molecule has 1 aromatic heterocycles. The summed E-state index contributed by atoms with van der Waals surface area (Å²) in [7, 11) is 0. The molecule has 0 saturated carbocycles. The molecule has 3 aromatic rings. The number of rotatable bonds is 4. The van der Waals surface area contributed by atoms with Gasteiger partial charge in [0.15, 0.2) is 0 Å². The molecule has 1 spiro atoms. The van der Waals surface area contributed by atoms with Crippen LogP contribution in [0.5, 0.6) is 0 Å². The molecule has 1 saturated heterocycles. The van der Waals surface area contributed by atoms with Crippen LogP contribution >= 0.6 is 0 Å². The standard InChI is InChI=1S/C25H26FN3O3/c1-16-3-8-22-20(15-16)25(32-24(30)28-22)10-13-29(14-11-25)12-9-21-17(2)31-23(27-21)18-4-6-19(26)7-5-18/h3-8,15H,9-14H2,1-2H3,(H,28,30). The molecule has 1 fully saturated rings. The lowest BCUT2D eigenvalue weighted by atomic mass is 9.81. The Labute approximate surface area is 186 Å². The predicted octanol–water partition coefficient (Wildman–Crippen LogP) is 5.19. The summed E-state index contributed by atoms with van der Waals surface area (Å²) in [6.07, 6.45) is 1.91. The number of amides is 1. The normalized spacial score (nSPS) is 17.7. The topological polar surface area (TPSA) is 67.6 Å². The van der Waals surface area contributed by atoms with E-state index in [0.29, 0.717) is 5.89 Å². The summed E-state index contributed by atoms with van der Waals surface area (Å²) < 4.78 is 24.9. The van der Waals surface area contributed by atoms with Gasteiger partial charge in [0, 0.05) is 50.0 Å². The Morgan fingerprint density at radius 3 is 2.62 bits per heavy atom. The summed E-state index contributed by atoms with van der Waals surface area (Å²) in [5, 5.41) is 2.83. The summed E-state index contributed by atoms with van der Waals surface area (Å²) in [5.74, 6) is 1.02. The number of fused-ring (bicyclic) bond motifs is 2. The fourth-order valence-corrected chi connectivity index (χ4v) is 4.66. The van der Waals surface area contributed by atoms with E-state index in [1.807, 2.05) is 19.1 Å². The quantitative estimate of drug-likeness (QED) is 0.611. The van der Waals surface area contributed by atoms with Crippen molar-refractivity contribution in [2.24, 2.45) is 0 Å². The molecular formula is C25H26FN3O3.